The van der Waals surface area contributed by atoms with Gasteiger partial charge in [-0.05, 0) is 72.9 Å². The second-order valence-corrected chi connectivity index (χ2v) is 8.71. The molecule has 0 N–H and O–H groups in total. The molecule has 0 radical (unpaired) electrons. The van der Waals surface area contributed by atoms with Crippen LogP contribution in [0, 0.1) is 0 Å². The first-order valence-electron chi connectivity index (χ1n) is 12.4. The minimum atomic E-state index is 0.887. The van der Waals surface area contributed by atoms with Crippen LogP contribution < -0.4 is 4.90 Å². The molecule has 0 saturated carbocycles. The third-order valence-electron chi connectivity index (χ3n) is 6.18. The Balaban J connectivity index is 1.78. The fourth-order valence-electron chi connectivity index (χ4n) is 4.16. The number of hydrogen-bond acceptors (Lipinski definition) is 1. The SMILES string of the molecule is C=C/C=C\c1ccccc1N(c1ccc(-c2ccccc2)cc1)c1cccc(C/C=C\C(C)=C/C)c1. The van der Waals surface area contributed by atoms with Crippen LogP contribution in [-0.4, -0.2) is 0 Å². The molecule has 0 saturated heterocycles. The Morgan fingerprint density at radius 1 is 0.778 bits per heavy atom. The third-order valence-corrected chi connectivity index (χ3v) is 6.18. The van der Waals surface area contributed by atoms with Crippen LogP contribution in [0.2, 0.25) is 0 Å². The summed E-state index contributed by atoms with van der Waals surface area (Å²) in [6.45, 7) is 8.05. The first kappa shape index (κ1) is 24.8. The Bertz CT molecular complexity index is 1370. The molecule has 0 aromatic heterocycles. The molecule has 0 bridgehead atoms. The van der Waals surface area contributed by atoms with Gasteiger partial charge < -0.3 is 4.90 Å². The van der Waals surface area contributed by atoms with E-state index in [0.717, 1.165) is 29.0 Å². The largest absolute Gasteiger partial charge is 0.310 e. The quantitative estimate of drug-likeness (QED) is 0.221. The van der Waals surface area contributed by atoms with Crippen LogP contribution in [0.4, 0.5) is 17.1 Å². The van der Waals surface area contributed by atoms with E-state index in [2.05, 4.69) is 153 Å². The Morgan fingerprint density at radius 2 is 1.50 bits per heavy atom. The minimum absolute atomic E-state index is 0.887. The summed E-state index contributed by atoms with van der Waals surface area (Å²) >= 11 is 0. The van der Waals surface area contributed by atoms with Gasteiger partial charge in [-0.1, -0.05) is 121 Å². The van der Waals surface area contributed by atoms with E-state index >= 15 is 0 Å². The summed E-state index contributed by atoms with van der Waals surface area (Å²) in [5.41, 5.74) is 9.49. The van der Waals surface area contributed by atoms with Crippen molar-refractivity contribution < 1.29 is 0 Å². The molecule has 0 unspecified atom stereocenters. The lowest BCUT2D eigenvalue weighted by atomic mass is 10.0. The van der Waals surface area contributed by atoms with E-state index in [1.54, 1.807) is 0 Å². The van der Waals surface area contributed by atoms with Crippen LogP contribution in [0.25, 0.3) is 17.2 Å². The topological polar surface area (TPSA) is 3.24 Å². The summed E-state index contributed by atoms with van der Waals surface area (Å²) < 4.78 is 0. The van der Waals surface area contributed by atoms with Crippen LogP contribution in [0.5, 0.6) is 0 Å². The molecule has 0 atom stereocenters. The van der Waals surface area contributed by atoms with E-state index in [1.165, 1.54) is 22.3 Å². The average molecular weight is 468 g/mol. The number of allylic oxidation sites excluding steroid dienone is 6. The first-order chi connectivity index (χ1) is 17.7. The van der Waals surface area contributed by atoms with Gasteiger partial charge in [-0.2, -0.15) is 0 Å². The van der Waals surface area contributed by atoms with Crippen molar-refractivity contribution in [3.8, 4) is 11.1 Å². The van der Waals surface area contributed by atoms with Gasteiger partial charge in [-0.3, -0.25) is 0 Å². The maximum Gasteiger partial charge on any atom is 0.0533 e. The number of benzene rings is 4. The zero-order valence-electron chi connectivity index (χ0n) is 21.1. The minimum Gasteiger partial charge on any atom is -0.310 e. The van der Waals surface area contributed by atoms with Gasteiger partial charge in [0.05, 0.1) is 5.69 Å². The summed E-state index contributed by atoms with van der Waals surface area (Å²) in [6, 6.07) is 36.6. The van der Waals surface area contributed by atoms with Crippen LogP contribution in [0.1, 0.15) is 25.0 Å². The molecular formula is C35H33N. The summed E-state index contributed by atoms with van der Waals surface area (Å²) in [4.78, 5) is 2.34. The molecule has 0 aliphatic carbocycles. The molecule has 178 valence electrons. The highest BCUT2D eigenvalue weighted by molar-refractivity contribution is 5.83. The van der Waals surface area contributed by atoms with Gasteiger partial charge in [-0.25, -0.2) is 0 Å². The van der Waals surface area contributed by atoms with Crippen LogP contribution in [0.15, 0.2) is 146 Å². The average Bonchev–Trinajstić information content (AvgIpc) is 2.94. The maximum absolute atomic E-state index is 3.85. The first-order valence-corrected chi connectivity index (χ1v) is 12.4. The van der Waals surface area contributed by atoms with Crippen molar-refractivity contribution in [2.45, 2.75) is 20.3 Å². The van der Waals surface area contributed by atoms with Gasteiger partial charge in [0.1, 0.15) is 0 Å². The molecule has 0 aliphatic rings. The second kappa shape index (κ2) is 12.4. The fourth-order valence-corrected chi connectivity index (χ4v) is 4.16. The monoisotopic (exact) mass is 467 g/mol. The van der Waals surface area contributed by atoms with Crippen molar-refractivity contribution in [3.63, 3.8) is 0 Å². The number of nitrogens with zero attached hydrogens (tertiary/aromatic N) is 1. The predicted molar refractivity (Wildman–Crippen MR) is 158 cm³/mol. The zero-order valence-corrected chi connectivity index (χ0v) is 21.1. The Morgan fingerprint density at radius 3 is 2.25 bits per heavy atom. The molecule has 0 fully saturated rings. The molecule has 36 heavy (non-hydrogen) atoms. The van der Waals surface area contributed by atoms with E-state index in [-0.39, 0.29) is 0 Å². The standard InChI is InChI=1S/C35H33N/c1-4-6-17-32-20-10-11-22-35(32)36(33-25-23-31(24-26-33)30-18-8-7-9-19-30)34-21-13-16-29(27-34)15-12-14-28(3)5-2/h4-14,16-27H,1,15H2,2-3H3/b14-12-,17-6-,28-5-. The van der Waals surface area contributed by atoms with Crippen molar-refractivity contribution in [1.29, 1.82) is 0 Å². The van der Waals surface area contributed by atoms with Crippen molar-refractivity contribution in [2.75, 3.05) is 4.90 Å². The number of para-hydroxylation sites is 1. The molecule has 4 aromatic carbocycles. The summed E-state index contributed by atoms with van der Waals surface area (Å²) in [6.07, 6.45) is 13.3. The van der Waals surface area contributed by atoms with Gasteiger partial charge >= 0.3 is 0 Å². The van der Waals surface area contributed by atoms with Crippen molar-refractivity contribution in [3.05, 3.63) is 157 Å². The molecule has 1 heteroatoms. The highest BCUT2D eigenvalue weighted by atomic mass is 15.1. The third kappa shape index (κ3) is 6.20. The summed E-state index contributed by atoms with van der Waals surface area (Å²) in [5.74, 6) is 0. The van der Waals surface area contributed by atoms with Gasteiger partial charge in [-0.15, -0.1) is 0 Å². The number of rotatable bonds is 9. The van der Waals surface area contributed by atoms with E-state index < -0.39 is 0 Å². The van der Waals surface area contributed by atoms with Crippen molar-refractivity contribution in [1.82, 2.24) is 0 Å². The van der Waals surface area contributed by atoms with E-state index in [9.17, 15) is 0 Å². The smallest absolute Gasteiger partial charge is 0.0533 e. The number of anilines is 3. The van der Waals surface area contributed by atoms with Crippen LogP contribution in [0.3, 0.4) is 0 Å². The summed E-state index contributed by atoms with van der Waals surface area (Å²) in [7, 11) is 0. The highest BCUT2D eigenvalue weighted by Gasteiger charge is 2.15. The maximum atomic E-state index is 3.85. The lowest BCUT2D eigenvalue weighted by molar-refractivity contribution is 1.22. The molecule has 0 amide bonds. The van der Waals surface area contributed by atoms with E-state index in [0.29, 0.717) is 0 Å². The molecule has 1 nitrogen and oxygen atoms in total. The van der Waals surface area contributed by atoms with Crippen LogP contribution >= 0.6 is 0 Å². The van der Waals surface area contributed by atoms with Gasteiger partial charge in [0, 0.05) is 11.4 Å². The Hall–Kier alpha value is -4.36. The lowest BCUT2D eigenvalue weighted by Crippen LogP contribution is -2.11. The molecule has 0 spiro atoms. The molecule has 4 aromatic rings. The molecule has 0 heterocycles. The molecule has 4 rings (SSSR count). The van der Waals surface area contributed by atoms with Gasteiger partial charge in [0.2, 0.25) is 0 Å². The fraction of sp³-hybridized carbons (Fsp3) is 0.0857. The zero-order chi connectivity index (χ0) is 25.2. The van der Waals surface area contributed by atoms with Crippen molar-refractivity contribution >= 4 is 23.1 Å². The Labute approximate surface area is 216 Å². The highest BCUT2D eigenvalue weighted by Crippen LogP contribution is 2.38. The molecular weight excluding hydrogens is 434 g/mol. The summed E-state index contributed by atoms with van der Waals surface area (Å²) in [5, 5.41) is 0. The normalized spacial score (nSPS) is 11.8. The molecule has 0 aliphatic heterocycles. The lowest BCUT2D eigenvalue weighted by Gasteiger charge is -2.27. The van der Waals surface area contributed by atoms with Gasteiger partial charge in [0.25, 0.3) is 0 Å². The van der Waals surface area contributed by atoms with E-state index in [4.69, 9.17) is 0 Å². The van der Waals surface area contributed by atoms with Crippen LogP contribution in [-0.2, 0) is 6.42 Å². The number of hydrogen-bond donors (Lipinski definition) is 0. The second-order valence-electron chi connectivity index (χ2n) is 8.71. The van der Waals surface area contributed by atoms with Gasteiger partial charge in [0.15, 0.2) is 0 Å². The van der Waals surface area contributed by atoms with Crippen molar-refractivity contribution in [2.24, 2.45) is 0 Å². The van der Waals surface area contributed by atoms with E-state index in [1.807, 2.05) is 12.2 Å². The predicted octanol–water partition coefficient (Wildman–Crippen LogP) is 10.1. The Kier molecular flexibility index (Phi) is 8.51.